The third kappa shape index (κ3) is 46.3. The maximum atomic E-state index is 14.1. The van der Waals surface area contributed by atoms with Crippen molar-refractivity contribution in [3.05, 3.63) is 0 Å². The molecule has 0 aromatic heterocycles. The Morgan fingerprint density at radius 2 is 0.634 bits per heavy atom. The number of rotatable bonds is 66. The number of thioether (sulfide) groups is 2. The number of aliphatic hydroxyl groups excluding tert-OH is 6. The Kier molecular flexibility index (Phi) is 59.7. The first-order chi connectivity index (χ1) is 61.5. The van der Waals surface area contributed by atoms with Gasteiger partial charge in [0.1, 0.15) is 103 Å². The molecule has 0 radical (unpaired) electrons. The number of carbonyl (C=O) groups is 21. The monoisotopic (exact) mass is 1940 g/mol. The zero-order valence-corrected chi connectivity index (χ0v) is 78.8. The van der Waals surface area contributed by atoms with Crippen LogP contribution < -0.4 is 118 Å². The van der Waals surface area contributed by atoms with Crippen LogP contribution in [0.1, 0.15) is 127 Å². The minimum atomic E-state index is -2.02. The van der Waals surface area contributed by atoms with Crippen molar-refractivity contribution >= 4 is 173 Å². The molecule has 0 saturated heterocycles. The summed E-state index contributed by atoms with van der Waals surface area (Å²) in [6, 6.07) is -26.0. The van der Waals surface area contributed by atoms with Gasteiger partial charge in [0.25, 0.3) is 0 Å². The fourth-order valence-corrected chi connectivity index (χ4v) is 13.3. The molecule has 0 spiro atoms. The van der Waals surface area contributed by atoms with Crippen LogP contribution in [0.5, 0.6) is 0 Å². The lowest BCUT2D eigenvalue weighted by molar-refractivity contribution is -0.139. The number of carbonyl (C=O) groups excluding carboxylic acids is 20. The Morgan fingerprint density at radius 1 is 0.336 bits per heavy atom. The maximum absolute atomic E-state index is 14.1. The summed E-state index contributed by atoms with van der Waals surface area (Å²) in [5.41, 5.74) is 16.5. The van der Waals surface area contributed by atoms with Gasteiger partial charge in [-0.3, -0.25) is 101 Å². The van der Waals surface area contributed by atoms with E-state index in [4.69, 9.17) is 22.3 Å². The van der Waals surface area contributed by atoms with Gasteiger partial charge in [-0.15, -0.1) is 0 Å². The van der Waals surface area contributed by atoms with Crippen LogP contribution in [0.4, 0.5) is 0 Å². The van der Waals surface area contributed by atoms with E-state index in [0.717, 1.165) is 13.8 Å². The molecule has 0 fully saturated rings. The molecule has 0 saturated carbocycles. The van der Waals surface area contributed by atoms with Crippen molar-refractivity contribution < 1.29 is 136 Å². The summed E-state index contributed by atoms with van der Waals surface area (Å²) < 4.78 is 0. The lowest BCUT2D eigenvalue weighted by atomic mass is 9.96. The highest BCUT2D eigenvalue weighted by molar-refractivity contribution is 7.98. The molecule has 19 atom stereocenters. The SMILES string of the molecule is CC[C@H](C)[C@H](NC(=O)[C@@H](NC(=O)CN)C(C)C)C(=O)N[C@@H](CCCCN)C(=O)NCC(=O)N[C@@H](CO)C(=O)NCC(=O)N[C@@H](CC(N)=O)C(=O)N[C@@H](CS)C(=O)N[C@@H](CS)C(=O)N[C@H](C(=O)N[C@H](C(=O)N[C@@H](CC(C)C)C(=O)N[C@@H](CO)C(=O)N[C@@H](CCSC)C(=O)N[C@@H](CCSC)C(=O)N[C@@H](CO)C(=O)N[C@@H](CC(C)C)C(=O)N[C@@H](CO)C(=O)NCC(=O)O)[C@@H](C)O)[C@@H](C)O. The smallest absolute Gasteiger partial charge is 0.322 e. The number of hydrogen-bond donors (Lipinski definition) is 31. The van der Waals surface area contributed by atoms with Crippen LogP contribution in [0.25, 0.3) is 0 Å². The Morgan fingerprint density at radius 3 is 1.01 bits per heavy atom. The fourth-order valence-electron chi connectivity index (χ4n) is 11.8. The Labute approximate surface area is 777 Å². The molecule has 0 aliphatic rings. The number of aliphatic hydroxyl groups is 6. The summed E-state index contributed by atoms with van der Waals surface area (Å²) in [7, 11) is 0. The maximum Gasteiger partial charge on any atom is 0.322 e. The Bertz CT molecular complexity index is 3810. The molecule has 0 heterocycles. The summed E-state index contributed by atoms with van der Waals surface area (Å²) in [6.45, 7) is 8.33. The number of amides is 20. The first kappa shape index (κ1) is 121. The molecule has 0 aliphatic carbocycles. The quantitative estimate of drug-likeness (QED) is 0.0199. The van der Waals surface area contributed by atoms with Crippen LogP contribution in [0.15, 0.2) is 0 Å². The molecule has 0 aliphatic heterocycles. The molecule has 0 aromatic carbocycles. The lowest BCUT2D eigenvalue weighted by Crippen LogP contribution is -2.64. The predicted octanol–water partition coefficient (Wildman–Crippen LogP) is -13.0. The Balaban J connectivity index is 6.40. The van der Waals surface area contributed by atoms with Gasteiger partial charge in [-0.05, 0) is 113 Å². The van der Waals surface area contributed by atoms with E-state index < -0.39 is 321 Å². The highest BCUT2D eigenvalue weighted by atomic mass is 32.2. The van der Waals surface area contributed by atoms with Gasteiger partial charge in [-0.25, -0.2) is 0 Å². The van der Waals surface area contributed by atoms with E-state index in [1.165, 1.54) is 23.5 Å². The molecule has 131 heavy (non-hydrogen) atoms. The van der Waals surface area contributed by atoms with Gasteiger partial charge in [0.05, 0.1) is 64.7 Å². The first-order valence-electron chi connectivity index (χ1n) is 42.1. The number of nitrogens with two attached hydrogens (primary N) is 3. The van der Waals surface area contributed by atoms with Gasteiger partial charge in [-0.2, -0.15) is 48.8 Å². The second-order valence-electron chi connectivity index (χ2n) is 31.6. The second-order valence-corrected chi connectivity index (χ2v) is 34.3. The number of nitrogens with one attached hydrogen (secondary N) is 19. The van der Waals surface area contributed by atoms with Gasteiger partial charge < -0.3 is 154 Å². The second kappa shape index (κ2) is 64.7. The van der Waals surface area contributed by atoms with Crippen LogP contribution in [-0.4, -0.2) is 363 Å². The van der Waals surface area contributed by atoms with Crippen LogP contribution in [0.2, 0.25) is 0 Å². The minimum absolute atomic E-state index is 0.0126. The predicted molar refractivity (Wildman–Crippen MR) is 482 cm³/mol. The van der Waals surface area contributed by atoms with E-state index in [0.29, 0.717) is 19.3 Å². The third-order valence-electron chi connectivity index (χ3n) is 19.3. The van der Waals surface area contributed by atoms with Crippen molar-refractivity contribution in [1.29, 1.82) is 0 Å². The third-order valence-corrected chi connectivity index (χ3v) is 21.4. The van der Waals surface area contributed by atoms with Gasteiger partial charge in [0, 0.05) is 11.5 Å². The zero-order chi connectivity index (χ0) is 100. The fraction of sp³-hybridized carbons (Fsp3) is 0.727. The number of carboxylic acids is 1. The van der Waals surface area contributed by atoms with Crippen LogP contribution in [-0.2, 0) is 101 Å². The molecule has 0 rings (SSSR count). The van der Waals surface area contributed by atoms with Crippen LogP contribution in [0.3, 0.4) is 0 Å². The van der Waals surface area contributed by atoms with Gasteiger partial charge in [0.15, 0.2) is 0 Å². The number of hydrogen-bond acceptors (Lipinski definition) is 33. The molecular weight excluding hydrogens is 1810 g/mol. The average Bonchev–Trinajstić information content (AvgIpc) is 0.854. The highest BCUT2D eigenvalue weighted by Crippen LogP contribution is 2.16. The summed E-state index contributed by atoms with van der Waals surface area (Å²) >= 11 is 10.7. The van der Waals surface area contributed by atoms with E-state index in [1.807, 2.05) is 5.32 Å². The summed E-state index contributed by atoms with van der Waals surface area (Å²) in [6.07, 6.45) is -0.636. The molecule has 20 amide bonds. The molecule has 0 bridgehead atoms. The van der Waals surface area contributed by atoms with E-state index >= 15 is 0 Å². The first-order valence-corrected chi connectivity index (χ1v) is 46.2. The minimum Gasteiger partial charge on any atom is -0.480 e. The van der Waals surface area contributed by atoms with E-state index in [9.17, 15) is 131 Å². The largest absolute Gasteiger partial charge is 0.480 e. The molecule has 50 nitrogen and oxygen atoms in total. The van der Waals surface area contributed by atoms with Gasteiger partial charge in [0.2, 0.25) is 118 Å². The van der Waals surface area contributed by atoms with E-state index in [1.54, 1.807) is 67.9 Å². The number of thiol groups is 2. The van der Waals surface area contributed by atoms with E-state index in [-0.39, 0.29) is 56.1 Å². The van der Waals surface area contributed by atoms with Crippen molar-refractivity contribution in [3.63, 3.8) is 0 Å². The highest BCUT2D eigenvalue weighted by Gasteiger charge is 2.41. The topological polar surface area (TPSA) is 807 Å². The normalized spacial score (nSPS) is 15.5. The van der Waals surface area contributed by atoms with Crippen molar-refractivity contribution in [1.82, 2.24) is 101 Å². The van der Waals surface area contributed by atoms with Gasteiger partial charge in [-0.1, -0.05) is 61.8 Å². The van der Waals surface area contributed by atoms with Crippen LogP contribution >= 0.6 is 48.8 Å². The standard InChI is InChI=1S/C77H136N22O28S4/c1-13-38(8)59(97-74(124)58(37(6)7)96-54(107)25-79)75(125)88-41(16-14-15-19-78)62(112)81-27-56(109)85-47(29-100)63(113)82-26-55(108)84-46(24-53(80)106)69(119)94-51(33-128)72(122)95-52(34-129)73(123)98-61(40(10)105)77(127)99-60(39(9)104)76(126)90-45(23-36(4)5)68(118)93-49(31-102)70(120)87-42(17-20-130-11)65(115)86-43(18-21-131-12)66(116)92-50(32-103)71(121)89-44(22-35(2)3)67(117)91-48(30-101)64(114)83-28-57(110)111/h35-52,58-61,100-105,128-129H,13-34,78-79H2,1-12H3,(H2,80,106)(H,81,112)(H,82,113)(H,83,114)(H,84,108)(H,85,109)(H,86,115)(H,87,120)(H,88,125)(H,89,121)(H,90,126)(H,91,117)(H,92,116)(H,93,118)(H,94,119)(H,95,122)(H,96,107)(H,97,124)(H,98,123)(H,99,127)(H,110,111)/t38-,39+,40+,41-,42-,43-,44-,45-,46-,47-,48-,49-,50-,51-,52-,58-,59-,60-,61-/m0/s1. The van der Waals surface area contributed by atoms with Crippen molar-refractivity contribution in [2.45, 2.75) is 236 Å². The molecule has 54 heteroatoms. The number of aliphatic carboxylic acids is 1. The number of primary amides is 1. The number of carboxylic acid groups (broad SMARTS) is 1. The summed E-state index contributed by atoms with van der Waals surface area (Å²) in [5.74, 6) is -25.1. The van der Waals surface area contributed by atoms with Crippen LogP contribution in [0, 0.1) is 23.7 Å². The van der Waals surface area contributed by atoms with Crippen molar-refractivity contribution in [2.75, 3.05) is 94.7 Å². The zero-order valence-electron chi connectivity index (χ0n) is 75.4. The van der Waals surface area contributed by atoms with Crippen molar-refractivity contribution in [2.24, 2.45) is 40.9 Å². The molecule has 32 N–H and O–H groups in total. The van der Waals surface area contributed by atoms with Crippen molar-refractivity contribution in [3.8, 4) is 0 Å². The summed E-state index contributed by atoms with van der Waals surface area (Å²) in [5, 5.41) is 115. The summed E-state index contributed by atoms with van der Waals surface area (Å²) in [4.78, 5) is 281. The lowest BCUT2D eigenvalue weighted by Gasteiger charge is -2.29. The average molecular weight is 1950 g/mol. The molecule has 0 aromatic rings. The molecular formula is C77H136N22O28S4. The van der Waals surface area contributed by atoms with Gasteiger partial charge >= 0.3 is 5.97 Å². The molecule has 0 unspecified atom stereocenters. The number of unbranched alkanes of at least 4 members (excludes halogenated alkanes) is 1. The molecule has 746 valence electrons. The Hall–Kier alpha value is -10.0. The van der Waals surface area contributed by atoms with E-state index in [2.05, 4.69) is 121 Å².